The van der Waals surface area contributed by atoms with E-state index in [-0.39, 0.29) is 36.2 Å². The molecule has 9 nitrogen and oxygen atoms in total. The minimum Gasteiger partial charge on any atom is -0.474 e. The van der Waals surface area contributed by atoms with Crippen molar-refractivity contribution in [2.45, 2.75) is 32.0 Å². The summed E-state index contributed by atoms with van der Waals surface area (Å²) in [5.41, 5.74) is 8.31. The van der Waals surface area contributed by atoms with Crippen LogP contribution in [0.3, 0.4) is 0 Å². The van der Waals surface area contributed by atoms with Crippen molar-refractivity contribution in [3.8, 4) is 17.0 Å². The number of pyridine rings is 2. The summed E-state index contributed by atoms with van der Waals surface area (Å²) in [7, 11) is 0. The average Bonchev–Trinajstić information content (AvgIpc) is 2.87. The normalized spacial score (nSPS) is 16.4. The summed E-state index contributed by atoms with van der Waals surface area (Å²) < 4.78 is 58.7. The first-order valence-corrected chi connectivity index (χ1v) is 12.2. The molecule has 5 N–H and O–H groups in total. The highest BCUT2D eigenvalue weighted by molar-refractivity contribution is 6.00. The zero-order valence-electron chi connectivity index (χ0n) is 20.6. The number of anilines is 3. The number of rotatable bonds is 4. The molecule has 3 aromatic rings. The van der Waals surface area contributed by atoms with Crippen molar-refractivity contribution in [1.29, 1.82) is 0 Å². The molecular formula is C25H27F4N7O2. The molecule has 2 aromatic heterocycles. The molecule has 0 bridgehead atoms. The quantitative estimate of drug-likeness (QED) is 0.292. The Kier molecular flexibility index (Phi) is 6.86. The Labute approximate surface area is 215 Å². The number of benzene rings is 1. The van der Waals surface area contributed by atoms with Crippen LogP contribution in [0.2, 0.25) is 0 Å². The number of hydrogen-bond acceptors (Lipinski definition) is 7. The highest BCUT2D eigenvalue weighted by atomic mass is 19.4. The number of alkyl halides is 3. The second-order valence-corrected chi connectivity index (χ2v) is 9.46. The smallest absolute Gasteiger partial charge is 0.401 e. The Balaban J connectivity index is 1.32. The Hall–Kier alpha value is -3.87. The monoisotopic (exact) mass is 533 g/mol. The van der Waals surface area contributed by atoms with Gasteiger partial charge in [-0.05, 0) is 42.8 Å². The number of likely N-dealkylation sites (tertiary alicyclic amines) is 1. The summed E-state index contributed by atoms with van der Waals surface area (Å²) >= 11 is 0. The molecule has 0 saturated carbocycles. The minimum atomic E-state index is -4.24. The van der Waals surface area contributed by atoms with E-state index < -0.39 is 24.6 Å². The second kappa shape index (κ2) is 10.1. The fourth-order valence-electron chi connectivity index (χ4n) is 4.88. The molecule has 4 heterocycles. The lowest BCUT2D eigenvalue weighted by molar-refractivity contribution is -0.148. The number of amides is 2. The molecule has 0 atom stereocenters. The van der Waals surface area contributed by atoms with E-state index in [1.165, 1.54) is 11.1 Å². The molecule has 0 radical (unpaired) electrons. The van der Waals surface area contributed by atoms with Crippen LogP contribution in [0.4, 0.5) is 39.5 Å². The average molecular weight is 534 g/mol. The SMILES string of the molecule is Cc1c(-c2cc3cc(NC(=O)NC4CCN(CC(F)(F)F)CC4)ncc3c(N)c2F)cnc2c1NCCO2. The maximum Gasteiger partial charge on any atom is 0.401 e. The minimum absolute atomic E-state index is 0.0760. The number of piperidine rings is 1. The van der Waals surface area contributed by atoms with E-state index in [4.69, 9.17) is 10.5 Å². The van der Waals surface area contributed by atoms with Gasteiger partial charge in [0.25, 0.3) is 0 Å². The van der Waals surface area contributed by atoms with E-state index in [0.29, 0.717) is 53.9 Å². The lowest BCUT2D eigenvalue weighted by atomic mass is 9.97. The van der Waals surface area contributed by atoms with Gasteiger partial charge >= 0.3 is 12.2 Å². The zero-order chi connectivity index (χ0) is 27.0. The number of nitrogens with zero attached hydrogens (tertiary/aromatic N) is 3. The van der Waals surface area contributed by atoms with Gasteiger partial charge < -0.3 is 21.1 Å². The summed E-state index contributed by atoms with van der Waals surface area (Å²) in [5.74, 6) is 0.0763. The van der Waals surface area contributed by atoms with Crippen molar-refractivity contribution in [2.24, 2.45) is 0 Å². The lowest BCUT2D eigenvalue weighted by Gasteiger charge is -2.32. The highest BCUT2D eigenvalue weighted by Gasteiger charge is 2.32. The van der Waals surface area contributed by atoms with Crippen LogP contribution in [0.5, 0.6) is 5.88 Å². The van der Waals surface area contributed by atoms with Gasteiger partial charge in [-0.15, -0.1) is 0 Å². The summed E-state index contributed by atoms with van der Waals surface area (Å²) in [6.07, 6.45) is -0.509. The van der Waals surface area contributed by atoms with Crippen LogP contribution < -0.4 is 26.4 Å². The zero-order valence-corrected chi connectivity index (χ0v) is 20.6. The Morgan fingerprint density at radius 2 is 1.97 bits per heavy atom. The van der Waals surface area contributed by atoms with Gasteiger partial charge in [-0.2, -0.15) is 13.2 Å². The summed E-state index contributed by atoms with van der Waals surface area (Å²) in [6, 6.07) is 2.43. The molecule has 0 spiro atoms. The molecule has 5 rings (SSSR count). The van der Waals surface area contributed by atoms with Crippen molar-refractivity contribution in [1.82, 2.24) is 20.2 Å². The number of ether oxygens (including phenoxy) is 1. The number of aromatic nitrogens is 2. The summed E-state index contributed by atoms with van der Waals surface area (Å²) in [5, 5.41) is 9.61. The van der Waals surface area contributed by atoms with Gasteiger partial charge in [-0.3, -0.25) is 10.2 Å². The maximum atomic E-state index is 15.3. The van der Waals surface area contributed by atoms with E-state index in [1.807, 2.05) is 6.92 Å². The van der Waals surface area contributed by atoms with Gasteiger partial charge in [0.1, 0.15) is 18.1 Å². The third kappa shape index (κ3) is 5.37. The van der Waals surface area contributed by atoms with E-state index >= 15 is 4.39 Å². The molecule has 2 amide bonds. The first-order chi connectivity index (χ1) is 18.1. The molecule has 202 valence electrons. The topological polar surface area (TPSA) is 117 Å². The number of hydrogen-bond donors (Lipinski definition) is 4. The van der Waals surface area contributed by atoms with Gasteiger partial charge in [0.15, 0.2) is 5.82 Å². The molecule has 2 aliphatic heterocycles. The molecule has 0 aliphatic carbocycles. The van der Waals surface area contributed by atoms with Crippen LogP contribution in [0.1, 0.15) is 18.4 Å². The van der Waals surface area contributed by atoms with Crippen molar-refractivity contribution in [2.75, 3.05) is 49.2 Å². The fraction of sp³-hybridized carbons (Fsp3) is 0.400. The molecule has 2 aliphatic rings. The largest absolute Gasteiger partial charge is 0.474 e. The fourth-order valence-corrected chi connectivity index (χ4v) is 4.88. The van der Waals surface area contributed by atoms with Crippen LogP contribution in [0.25, 0.3) is 21.9 Å². The summed E-state index contributed by atoms with van der Waals surface area (Å²) in [6.45, 7) is 2.47. The number of halogens is 4. The number of nitrogens with one attached hydrogen (secondary N) is 3. The molecule has 1 saturated heterocycles. The van der Waals surface area contributed by atoms with E-state index in [1.54, 1.807) is 18.3 Å². The lowest BCUT2D eigenvalue weighted by Crippen LogP contribution is -2.48. The molecule has 1 aromatic carbocycles. The van der Waals surface area contributed by atoms with Crippen LogP contribution in [0.15, 0.2) is 24.5 Å². The van der Waals surface area contributed by atoms with E-state index in [0.717, 1.165) is 5.56 Å². The Bertz CT molecular complexity index is 1370. The third-order valence-electron chi connectivity index (χ3n) is 6.80. The van der Waals surface area contributed by atoms with Crippen LogP contribution in [-0.4, -0.2) is 65.9 Å². The summed E-state index contributed by atoms with van der Waals surface area (Å²) in [4.78, 5) is 22.4. The highest BCUT2D eigenvalue weighted by Crippen LogP contribution is 2.39. The van der Waals surface area contributed by atoms with Crippen molar-refractivity contribution in [3.63, 3.8) is 0 Å². The number of nitrogen functional groups attached to an aromatic ring is 1. The molecule has 1 fully saturated rings. The molecule has 0 unspecified atom stereocenters. The molecule has 13 heteroatoms. The van der Waals surface area contributed by atoms with E-state index in [9.17, 15) is 18.0 Å². The van der Waals surface area contributed by atoms with Crippen molar-refractivity contribution in [3.05, 3.63) is 35.9 Å². The van der Waals surface area contributed by atoms with Gasteiger partial charge in [0.2, 0.25) is 5.88 Å². The number of carbonyl (C=O) groups is 1. The molecule has 38 heavy (non-hydrogen) atoms. The van der Waals surface area contributed by atoms with Crippen molar-refractivity contribution >= 4 is 34.0 Å². The second-order valence-electron chi connectivity index (χ2n) is 9.46. The predicted molar refractivity (Wildman–Crippen MR) is 136 cm³/mol. The number of urea groups is 1. The van der Waals surface area contributed by atoms with Gasteiger partial charge in [-0.25, -0.2) is 19.2 Å². The van der Waals surface area contributed by atoms with Crippen LogP contribution in [0, 0.1) is 12.7 Å². The first-order valence-electron chi connectivity index (χ1n) is 12.2. The van der Waals surface area contributed by atoms with Crippen LogP contribution in [-0.2, 0) is 0 Å². The van der Waals surface area contributed by atoms with E-state index in [2.05, 4.69) is 25.9 Å². The number of carbonyl (C=O) groups excluding carboxylic acids is 1. The number of fused-ring (bicyclic) bond motifs is 2. The molecular weight excluding hydrogens is 506 g/mol. The maximum absolute atomic E-state index is 15.3. The standard InChI is InChI=1S/C25H27F4N7O2/c1-13-17(10-33-23-22(13)31-4-7-38-23)16-8-14-9-19(32-11-18(14)21(30)20(16)26)35-24(37)34-15-2-5-36(6-3-15)12-25(27,28)29/h8-11,15,31H,2-7,12,30H2,1H3,(H2,32,34,35,37). The Morgan fingerprint density at radius 1 is 1.21 bits per heavy atom. The first kappa shape index (κ1) is 25.8. The Morgan fingerprint density at radius 3 is 2.71 bits per heavy atom. The van der Waals surface area contributed by atoms with Gasteiger partial charge in [-0.1, -0.05) is 0 Å². The van der Waals surface area contributed by atoms with Gasteiger partial charge in [0.05, 0.1) is 12.2 Å². The van der Waals surface area contributed by atoms with Gasteiger partial charge in [0, 0.05) is 54.6 Å². The van der Waals surface area contributed by atoms with Crippen molar-refractivity contribution < 1.29 is 27.1 Å². The third-order valence-corrected chi connectivity index (χ3v) is 6.80. The number of nitrogens with two attached hydrogens (primary N) is 1. The predicted octanol–water partition coefficient (Wildman–Crippen LogP) is 4.28. The van der Waals surface area contributed by atoms with Crippen LogP contribution >= 0.6 is 0 Å².